The number of anilines is 1. The van der Waals surface area contributed by atoms with E-state index in [0.717, 1.165) is 36.4 Å². The number of piperazine rings is 1. The number of nitrogens with zero attached hydrogens (tertiary/aromatic N) is 2. The van der Waals surface area contributed by atoms with Crippen molar-refractivity contribution in [3.8, 4) is 0 Å². The second-order valence-electron chi connectivity index (χ2n) is 8.07. The Balaban J connectivity index is 1.66. The molecule has 2 N–H and O–H groups in total. The van der Waals surface area contributed by atoms with Crippen molar-refractivity contribution in [2.75, 3.05) is 44.6 Å². The average Bonchev–Trinajstić information content (AvgIpc) is 2.52. The maximum Gasteiger partial charge on any atom is 0.410 e. The molecule has 27 heavy (non-hydrogen) atoms. The smallest absolute Gasteiger partial charge is 0.410 e. The number of nitrogens with one attached hydrogen (secondary N) is 2. The quantitative estimate of drug-likeness (QED) is 0.847. The van der Waals surface area contributed by atoms with Crippen molar-refractivity contribution in [2.45, 2.75) is 40.2 Å². The molecule has 0 spiro atoms. The van der Waals surface area contributed by atoms with Gasteiger partial charge in [0.05, 0.1) is 0 Å². The minimum absolute atomic E-state index is 0.201. The lowest BCUT2D eigenvalue weighted by Gasteiger charge is -2.35. The Bertz CT molecular complexity index is 641. The van der Waals surface area contributed by atoms with Crippen LogP contribution in [0, 0.1) is 13.8 Å². The molecule has 1 aromatic rings. The van der Waals surface area contributed by atoms with Crippen LogP contribution in [-0.2, 0) is 4.74 Å². The van der Waals surface area contributed by atoms with Gasteiger partial charge in [-0.2, -0.15) is 0 Å². The van der Waals surface area contributed by atoms with Crippen molar-refractivity contribution in [2.24, 2.45) is 0 Å². The molecular weight excluding hydrogens is 344 g/mol. The number of amides is 3. The van der Waals surface area contributed by atoms with Gasteiger partial charge in [0.1, 0.15) is 5.60 Å². The maximum atomic E-state index is 12.1. The van der Waals surface area contributed by atoms with Crippen LogP contribution in [0.5, 0.6) is 0 Å². The predicted molar refractivity (Wildman–Crippen MR) is 107 cm³/mol. The fourth-order valence-corrected chi connectivity index (χ4v) is 3.03. The van der Waals surface area contributed by atoms with E-state index in [2.05, 4.69) is 21.6 Å². The minimum atomic E-state index is -0.471. The molecule has 7 nitrogen and oxygen atoms in total. The second kappa shape index (κ2) is 9.08. The van der Waals surface area contributed by atoms with E-state index in [4.69, 9.17) is 4.74 Å². The molecule has 0 saturated carbocycles. The molecule has 0 aliphatic carbocycles. The van der Waals surface area contributed by atoms with Gasteiger partial charge in [-0.25, -0.2) is 9.59 Å². The van der Waals surface area contributed by atoms with Crippen molar-refractivity contribution < 1.29 is 14.3 Å². The van der Waals surface area contributed by atoms with E-state index < -0.39 is 5.60 Å². The zero-order valence-electron chi connectivity index (χ0n) is 17.1. The Morgan fingerprint density at radius 2 is 1.63 bits per heavy atom. The number of carbonyl (C=O) groups is 2. The number of carbonyl (C=O) groups excluding carboxylic acids is 2. The second-order valence-corrected chi connectivity index (χ2v) is 8.07. The summed E-state index contributed by atoms with van der Waals surface area (Å²) in [5.74, 6) is 0. The van der Waals surface area contributed by atoms with E-state index in [9.17, 15) is 9.59 Å². The summed E-state index contributed by atoms with van der Waals surface area (Å²) >= 11 is 0. The lowest BCUT2D eigenvalue weighted by molar-refractivity contribution is 0.0147. The Morgan fingerprint density at radius 3 is 2.19 bits per heavy atom. The van der Waals surface area contributed by atoms with E-state index in [-0.39, 0.29) is 12.1 Å². The summed E-state index contributed by atoms with van der Waals surface area (Å²) in [5.41, 5.74) is 2.57. The van der Waals surface area contributed by atoms with E-state index in [1.807, 2.05) is 46.8 Å². The number of urea groups is 1. The van der Waals surface area contributed by atoms with Gasteiger partial charge in [0.25, 0.3) is 0 Å². The van der Waals surface area contributed by atoms with Gasteiger partial charge in [-0.05, 0) is 57.9 Å². The van der Waals surface area contributed by atoms with Crippen molar-refractivity contribution >= 4 is 17.8 Å². The molecule has 1 aliphatic heterocycles. The molecule has 1 fully saturated rings. The summed E-state index contributed by atoms with van der Waals surface area (Å²) in [6.07, 6.45) is -0.256. The molecule has 2 rings (SSSR count). The molecule has 1 aromatic carbocycles. The Kier molecular flexibility index (Phi) is 7.07. The van der Waals surface area contributed by atoms with Gasteiger partial charge in [0, 0.05) is 45.0 Å². The molecule has 3 amide bonds. The van der Waals surface area contributed by atoms with Crippen LogP contribution in [0.4, 0.5) is 15.3 Å². The highest BCUT2D eigenvalue weighted by atomic mass is 16.6. The Labute approximate surface area is 162 Å². The summed E-state index contributed by atoms with van der Waals surface area (Å²) in [4.78, 5) is 28.1. The first-order valence-corrected chi connectivity index (χ1v) is 9.46. The highest BCUT2D eigenvalue weighted by Crippen LogP contribution is 2.14. The van der Waals surface area contributed by atoms with Gasteiger partial charge in [0.15, 0.2) is 0 Å². The first-order valence-electron chi connectivity index (χ1n) is 9.46. The van der Waals surface area contributed by atoms with E-state index >= 15 is 0 Å². The molecule has 0 atom stereocenters. The minimum Gasteiger partial charge on any atom is -0.444 e. The van der Waals surface area contributed by atoms with Crippen LogP contribution in [0.15, 0.2) is 18.2 Å². The number of rotatable bonds is 4. The lowest BCUT2D eigenvalue weighted by Crippen LogP contribution is -2.51. The van der Waals surface area contributed by atoms with Gasteiger partial charge >= 0.3 is 12.1 Å². The van der Waals surface area contributed by atoms with Crippen molar-refractivity contribution in [1.82, 2.24) is 15.1 Å². The van der Waals surface area contributed by atoms with Gasteiger partial charge in [-0.15, -0.1) is 0 Å². The molecule has 1 aliphatic rings. The fourth-order valence-electron chi connectivity index (χ4n) is 3.03. The molecule has 0 bridgehead atoms. The van der Waals surface area contributed by atoms with Gasteiger partial charge in [-0.3, -0.25) is 4.90 Å². The summed E-state index contributed by atoms with van der Waals surface area (Å²) in [7, 11) is 0. The van der Waals surface area contributed by atoms with E-state index in [1.54, 1.807) is 4.90 Å². The van der Waals surface area contributed by atoms with Crippen molar-refractivity contribution in [1.29, 1.82) is 0 Å². The molecule has 0 radical (unpaired) electrons. The third-order valence-corrected chi connectivity index (χ3v) is 4.22. The van der Waals surface area contributed by atoms with Crippen LogP contribution in [-0.4, -0.2) is 66.8 Å². The molecule has 0 unspecified atom stereocenters. The van der Waals surface area contributed by atoms with Crippen LogP contribution < -0.4 is 10.6 Å². The molecule has 0 aromatic heterocycles. The normalized spacial score (nSPS) is 15.4. The number of benzene rings is 1. The highest BCUT2D eigenvalue weighted by Gasteiger charge is 2.25. The van der Waals surface area contributed by atoms with Crippen molar-refractivity contribution in [3.05, 3.63) is 29.3 Å². The molecule has 150 valence electrons. The lowest BCUT2D eigenvalue weighted by atomic mass is 10.1. The highest BCUT2D eigenvalue weighted by molar-refractivity contribution is 5.89. The number of aryl methyl sites for hydroxylation is 2. The van der Waals surface area contributed by atoms with Crippen LogP contribution in [0.2, 0.25) is 0 Å². The SMILES string of the molecule is Cc1cc(C)cc(NC(=O)NCCN2CCN(C(=O)OC(C)(C)C)CC2)c1. The zero-order chi connectivity index (χ0) is 20.0. The molecule has 1 heterocycles. The molecule has 1 saturated heterocycles. The first kappa shape index (κ1) is 21.0. The standard InChI is InChI=1S/C20H32N4O3/c1-15-12-16(2)14-17(13-15)22-18(25)21-6-7-23-8-10-24(11-9-23)19(26)27-20(3,4)5/h12-14H,6-11H2,1-5H3,(H2,21,22,25). The predicted octanol–water partition coefficient (Wildman–Crippen LogP) is 2.98. The molecular formula is C20H32N4O3. The van der Waals surface area contributed by atoms with E-state index in [1.165, 1.54) is 0 Å². The zero-order valence-corrected chi connectivity index (χ0v) is 17.1. The van der Waals surface area contributed by atoms with Crippen LogP contribution in [0.1, 0.15) is 31.9 Å². The first-order chi connectivity index (χ1) is 12.6. The van der Waals surface area contributed by atoms with Crippen LogP contribution in [0.25, 0.3) is 0 Å². The van der Waals surface area contributed by atoms with E-state index in [0.29, 0.717) is 19.6 Å². The van der Waals surface area contributed by atoms with Gasteiger partial charge in [-0.1, -0.05) is 6.07 Å². The van der Waals surface area contributed by atoms with Crippen LogP contribution in [0.3, 0.4) is 0 Å². The van der Waals surface area contributed by atoms with Gasteiger partial charge in [0.2, 0.25) is 0 Å². The van der Waals surface area contributed by atoms with Crippen molar-refractivity contribution in [3.63, 3.8) is 0 Å². The third kappa shape index (κ3) is 7.46. The summed E-state index contributed by atoms with van der Waals surface area (Å²) in [6.45, 7) is 13.8. The van der Waals surface area contributed by atoms with Gasteiger partial charge < -0.3 is 20.3 Å². The number of hydrogen-bond donors (Lipinski definition) is 2. The maximum absolute atomic E-state index is 12.1. The number of ether oxygens (including phenoxy) is 1. The Morgan fingerprint density at radius 1 is 1.04 bits per heavy atom. The molecule has 7 heteroatoms. The fraction of sp³-hybridized carbons (Fsp3) is 0.600. The monoisotopic (exact) mass is 376 g/mol. The average molecular weight is 377 g/mol. The largest absolute Gasteiger partial charge is 0.444 e. The number of hydrogen-bond acceptors (Lipinski definition) is 4. The third-order valence-electron chi connectivity index (χ3n) is 4.22. The summed E-state index contributed by atoms with van der Waals surface area (Å²) in [5, 5.41) is 5.75. The Hall–Kier alpha value is -2.28. The summed E-state index contributed by atoms with van der Waals surface area (Å²) in [6, 6.07) is 5.76. The topological polar surface area (TPSA) is 73.9 Å². The summed E-state index contributed by atoms with van der Waals surface area (Å²) < 4.78 is 5.40. The van der Waals surface area contributed by atoms with Crippen LogP contribution >= 0.6 is 0 Å².